The van der Waals surface area contributed by atoms with Crippen molar-refractivity contribution in [2.75, 3.05) is 14.1 Å². The molecule has 0 aliphatic heterocycles. The average Bonchev–Trinajstić information content (AvgIpc) is 2.77. The second-order valence-corrected chi connectivity index (χ2v) is 8.23. The Morgan fingerprint density at radius 1 is 1.45 bits per heavy atom. The van der Waals surface area contributed by atoms with Crippen molar-refractivity contribution in [3.63, 3.8) is 0 Å². The van der Waals surface area contributed by atoms with Crippen LogP contribution in [0.5, 0.6) is 0 Å². The van der Waals surface area contributed by atoms with E-state index in [1.807, 2.05) is 0 Å². The van der Waals surface area contributed by atoms with Gasteiger partial charge in [-0.3, -0.25) is 0 Å². The Hall–Kier alpha value is -1.04. The number of rotatable bonds is 5. The number of halogens is 3. The summed E-state index contributed by atoms with van der Waals surface area (Å²) >= 11 is 3.53. The number of hydrogen-bond donors (Lipinski definition) is 1. The lowest BCUT2D eigenvalue weighted by molar-refractivity contribution is 0.252. The van der Waals surface area contributed by atoms with Crippen LogP contribution in [0.2, 0.25) is 0 Å². The summed E-state index contributed by atoms with van der Waals surface area (Å²) in [5.41, 5.74) is 0.410. The van der Waals surface area contributed by atoms with Crippen LogP contribution < -0.4 is 0 Å². The van der Waals surface area contributed by atoms with E-state index in [1.165, 1.54) is 26.2 Å². The standard InChI is InChI=1S/C11H11BrF2N4O2S2/c1-17(2)22(19,20)18-9(5-15)16-8-4-6(21-11(13)14)3-7(12)10(8)18/h3-5,11,15H,1-2H3. The highest BCUT2D eigenvalue weighted by molar-refractivity contribution is 9.10. The third kappa shape index (κ3) is 3.03. The molecule has 0 saturated heterocycles. The molecule has 0 radical (unpaired) electrons. The molecule has 0 unspecified atom stereocenters. The Balaban J connectivity index is 2.80. The number of nitrogens with one attached hydrogen (secondary N) is 1. The fraction of sp³-hybridized carbons (Fsp3) is 0.273. The van der Waals surface area contributed by atoms with Gasteiger partial charge >= 0.3 is 10.2 Å². The minimum Gasteiger partial charge on any atom is -0.305 e. The zero-order valence-electron chi connectivity index (χ0n) is 11.4. The molecular weight excluding hydrogens is 402 g/mol. The number of thioether (sulfide) groups is 1. The molecule has 0 aliphatic rings. The van der Waals surface area contributed by atoms with E-state index >= 15 is 0 Å². The first-order valence-electron chi connectivity index (χ1n) is 5.78. The summed E-state index contributed by atoms with van der Waals surface area (Å²) in [6, 6.07) is 2.77. The fourth-order valence-electron chi connectivity index (χ4n) is 1.79. The Morgan fingerprint density at radius 2 is 2.09 bits per heavy atom. The number of benzene rings is 1. The maximum absolute atomic E-state index is 12.5. The fourth-order valence-corrected chi connectivity index (χ4v) is 4.34. The molecule has 11 heteroatoms. The molecule has 0 amide bonds. The van der Waals surface area contributed by atoms with E-state index in [1.54, 1.807) is 0 Å². The summed E-state index contributed by atoms with van der Waals surface area (Å²) in [5, 5.41) is 7.34. The lowest BCUT2D eigenvalue weighted by Gasteiger charge is -2.14. The molecule has 1 heterocycles. The Kier molecular flexibility index (Phi) is 4.90. The zero-order valence-corrected chi connectivity index (χ0v) is 14.6. The molecule has 0 bridgehead atoms. The smallest absolute Gasteiger partial charge is 0.305 e. The van der Waals surface area contributed by atoms with Gasteiger partial charge in [-0.05, 0) is 28.1 Å². The van der Waals surface area contributed by atoms with Crippen molar-refractivity contribution in [3.05, 3.63) is 22.4 Å². The maximum atomic E-state index is 12.5. The number of alkyl halides is 2. The van der Waals surface area contributed by atoms with Gasteiger partial charge in [0.2, 0.25) is 0 Å². The molecule has 2 rings (SSSR count). The number of nitrogens with zero attached hydrogens (tertiary/aromatic N) is 3. The molecule has 2 aromatic rings. The van der Waals surface area contributed by atoms with Gasteiger partial charge in [0.1, 0.15) is 0 Å². The first-order chi connectivity index (χ1) is 10.2. The molecule has 0 atom stereocenters. The van der Waals surface area contributed by atoms with Crippen LogP contribution in [0.1, 0.15) is 5.82 Å². The highest BCUT2D eigenvalue weighted by Gasteiger charge is 2.25. The first-order valence-corrected chi connectivity index (χ1v) is 8.85. The molecule has 0 aliphatic carbocycles. The van der Waals surface area contributed by atoms with Gasteiger partial charge in [0.25, 0.3) is 5.76 Å². The van der Waals surface area contributed by atoms with Gasteiger partial charge in [0.15, 0.2) is 5.82 Å². The SMILES string of the molecule is CN(C)S(=O)(=O)n1c(C=N)nc2cc(SC(F)F)cc(Br)c21. The van der Waals surface area contributed by atoms with Gasteiger partial charge in [-0.2, -0.15) is 21.5 Å². The van der Waals surface area contributed by atoms with Gasteiger partial charge in [0.05, 0.1) is 17.2 Å². The van der Waals surface area contributed by atoms with Gasteiger partial charge in [-0.1, -0.05) is 11.8 Å². The monoisotopic (exact) mass is 412 g/mol. The summed E-state index contributed by atoms with van der Waals surface area (Å²) < 4.78 is 52.0. The number of imidazole rings is 1. The van der Waals surface area contributed by atoms with Gasteiger partial charge in [0, 0.05) is 23.5 Å². The second-order valence-electron chi connectivity index (χ2n) is 4.32. The van der Waals surface area contributed by atoms with E-state index in [0.29, 0.717) is 16.2 Å². The summed E-state index contributed by atoms with van der Waals surface area (Å²) in [4.78, 5) is 4.28. The molecule has 120 valence electrons. The quantitative estimate of drug-likeness (QED) is 0.604. The molecule has 0 fully saturated rings. The van der Waals surface area contributed by atoms with Crippen LogP contribution in [0, 0.1) is 5.41 Å². The van der Waals surface area contributed by atoms with Gasteiger partial charge in [-0.25, -0.2) is 8.96 Å². The van der Waals surface area contributed by atoms with Crippen LogP contribution >= 0.6 is 27.7 Å². The van der Waals surface area contributed by atoms with Crippen LogP contribution in [0.3, 0.4) is 0 Å². The Labute approximate surface area is 138 Å². The van der Waals surface area contributed by atoms with E-state index in [2.05, 4.69) is 20.9 Å². The average molecular weight is 413 g/mol. The van der Waals surface area contributed by atoms with Crippen LogP contribution in [-0.2, 0) is 10.2 Å². The Morgan fingerprint density at radius 3 is 2.59 bits per heavy atom. The van der Waals surface area contributed by atoms with Crippen molar-refractivity contribution < 1.29 is 17.2 Å². The lowest BCUT2D eigenvalue weighted by Crippen LogP contribution is -2.30. The van der Waals surface area contributed by atoms with Crippen molar-refractivity contribution in [2.45, 2.75) is 10.7 Å². The predicted molar refractivity (Wildman–Crippen MR) is 85.2 cm³/mol. The minimum atomic E-state index is -3.91. The number of aromatic nitrogens is 2. The molecule has 1 aromatic heterocycles. The summed E-state index contributed by atoms with van der Waals surface area (Å²) in [6.07, 6.45) is 0.799. The van der Waals surface area contributed by atoms with Crippen molar-refractivity contribution >= 4 is 55.1 Å². The van der Waals surface area contributed by atoms with Crippen molar-refractivity contribution in [2.24, 2.45) is 0 Å². The minimum absolute atomic E-state index is 0.108. The predicted octanol–water partition coefficient (Wildman–Crippen LogP) is 2.77. The van der Waals surface area contributed by atoms with Crippen LogP contribution in [0.25, 0.3) is 11.0 Å². The largest absolute Gasteiger partial charge is 0.309 e. The van der Waals surface area contributed by atoms with E-state index in [9.17, 15) is 17.2 Å². The van der Waals surface area contributed by atoms with Crippen LogP contribution in [0.15, 0.2) is 21.5 Å². The summed E-state index contributed by atoms with van der Waals surface area (Å²) in [6.45, 7) is 0. The molecular formula is C11H11BrF2N4O2S2. The van der Waals surface area contributed by atoms with Crippen molar-refractivity contribution in [1.29, 1.82) is 5.41 Å². The molecule has 22 heavy (non-hydrogen) atoms. The van der Waals surface area contributed by atoms with Gasteiger partial charge in [-0.15, -0.1) is 0 Å². The maximum Gasteiger partial charge on any atom is 0.309 e. The molecule has 1 N–H and O–H groups in total. The molecule has 0 saturated carbocycles. The summed E-state index contributed by atoms with van der Waals surface area (Å²) in [5.74, 6) is -2.71. The van der Waals surface area contributed by atoms with E-state index in [4.69, 9.17) is 5.41 Å². The topological polar surface area (TPSA) is 79.0 Å². The third-order valence-corrected chi connectivity index (χ3v) is 5.75. The number of hydrogen-bond acceptors (Lipinski definition) is 5. The van der Waals surface area contributed by atoms with E-state index in [0.717, 1.165) is 14.5 Å². The van der Waals surface area contributed by atoms with Crippen LogP contribution in [0.4, 0.5) is 8.78 Å². The zero-order chi connectivity index (χ0) is 16.7. The van der Waals surface area contributed by atoms with E-state index < -0.39 is 16.0 Å². The van der Waals surface area contributed by atoms with Crippen LogP contribution in [-0.4, -0.2) is 47.7 Å². The third-order valence-electron chi connectivity index (χ3n) is 2.71. The first kappa shape index (κ1) is 17.3. The van der Waals surface area contributed by atoms with Gasteiger partial charge < -0.3 is 5.41 Å². The Bertz CT molecular complexity index is 836. The highest BCUT2D eigenvalue weighted by Crippen LogP contribution is 2.34. The lowest BCUT2D eigenvalue weighted by atomic mass is 10.3. The second kappa shape index (κ2) is 6.22. The highest BCUT2D eigenvalue weighted by atomic mass is 79.9. The summed E-state index contributed by atoms with van der Waals surface area (Å²) in [7, 11) is -1.21. The van der Waals surface area contributed by atoms with E-state index in [-0.39, 0.29) is 21.8 Å². The van der Waals surface area contributed by atoms with Crippen molar-refractivity contribution in [1.82, 2.24) is 13.3 Å². The molecule has 0 spiro atoms. The molecule has 1 aromatic carbocycles. The number of fused-ring (bicyclic) bond motifs is 1. The normalized spacial score (nSPS) is 12.5. The van der Waals surface area contributed by atoms with Crippen molar-refractivity contribution in [3.8, 4) is 0 Å². The molecule has 6 nitrogen and oxygen atoms in total.